The zero-order chi connectivity index (χ0) is 13.8. The summed E-state index contributed by atoms with van der Waals surface area (Å²) in [5, 5.41) is 9.27. The zero-order valence-electron chi connectivity index (χ0n) is 10.6. The number of anilines is 1. The molecular weight excluding hydrogens is 258 g/mol. The van der Waals surface area contributed by atoms with Crippen LogP contribution in [0.5, 0.6) is 0 Å². The highest BCUT2D eigenvalue weighted by molar-refractivity contribution is 5.88. The predicted molar refractivity (Wildman–Crippen MR) is 71.8 cm³/mol. The Labute approximate surface area is 114 Å². The predicted octanol–water partition coefficient (Wildman–Crippen LogP) is 1.89. The van der Waals surface area contributed by atoms with E-state index < -0.39 is 0 Å². The molecule has 0 unspecified atom stereocenters. The standard InChI is InChI=1S/C13H13N5O2/c19-11(5-8-18-6-1-2-7-18)14-13-15-12(16-17-13)10-4-3-9-20-10/h1-4,6-7,9H,5,8H2,(H2,14,15,16,17,19). The molecule has 0 aliphatic carbocycles. The lowest BCUT2D eigenvalue weighted by molar-refractivity contribution is -0.116. The Morgan fingerprint density at radius 2 is 2.20 bits per heavy atom. The highest BCUT2D eigenvalue weighted by Crippen LogP contribution is 2.15. The van der Waals surface area contributed by atoms with Crippen LogP contribution in [0.15, 0.2) is 47.3 Å². The number of H-pyrrole nitrogens is 1. The molecule has 3 aromatic heterocycles. The van der Waals surface area contributed by atoms with Gasteiger partial charge in [0, 0.05) is 25.4 Å². The number of aromatic nitrogens is 4. The van der Waals surface area contributed by atoms with Gasteiger partial charge in [-0.15, -0.1) is 5.10 Å². The lowest BCUT2D eigenvalue weighted by Gasteiger charge is -2.02. The molecule has 0 saturated carbocycles. The van der Waals surface area contributed by atoms with Crippen LogP contribution >= 0.6 is 0 Å². The molecule has 0 atom stereocenters. The first-order chi connectivity index (χ1) is 9.81. The number of amides is 1. The highest BCUT2D eigenvalue weighted by Gasteiger charge is 2.10. The van der Waals surface area contributed by atoms with Crippen molar-refractivity contribution in [3.63, 3.8) is 0 Å². The second-order valence-corrected chi connectivity index (χ2v) is 4.20. The van der Waals surface area contributed by atoms with E-state index >= 15 is 0 Å². The van der Waals surface area contributed by atoms with Gasteiger partial charge < -0.3 is 8.98 Å². The summed E-state index contributed by atoms with van der Waals surface area (Å²) in [6.45, 7) is 0.619. The lowest BCUT2D eigenvalue weighted by atomic mass is 10.4. The molecule has 7 heteroatoms. The number of aromatic amines is 1. The van der Waals surface area contributed by atoms with E-state index in [1.165, 1.54) is 0 Å². The van der Waals surface area contributed by atoms with E-state index in [9.17, 15) is 4.79 Å². The Morgan fingerprint density at radius 1 is 1.35 bits per heavy atom. The fourth-order valence-electron chi connectivity index (χ4n) is 1.78. The van der Waals surface area contributed by atoms with Crippen LogP contribution in [0.4, 0.5) is 5.95 Å². The van der Waals surface area contributed by atoms with Gasteiger partial charge in [-0.3, -0.25) is 15.2 Å². The quantitative estimate of drug-likeness (QED) is 0.741. The SMILES string of the molecule is O=C(CCn1cccc1)Nc1n[nH]c(-c2ccco2)n1. The Kier molecular flexibility index (Phi) is 3.32. The molecule has 102 valence electrons. The Morgan fingerprint density at radius 3 is 2.95 bits per heavy atom. The number of carbonyl (C=O) groups is 1. The normalized spacial score (nSPS) is 10.6. The van der Waals surface area contributed by atoms with Gasteiger partial charge in [-0.2, -0.15) is 4.98 Å². The third-order valence-corrected chi connectivity index (χ3v) is 2.75. The van der Waals surface area contributed by atoms with E-state index in [2.05, 4.69) is 20.5 Å². The van der Waals surface area contributed by atoms with Crippen LogP contribution in [-0.4, -0.2) is 25.7 Å². The van der Waals surface area contributed by atoms with Crippen molar-refractivity contribution in [2.24, 2.45) is 0 Å². The zero-order valence-corrected chi connectivity index (χ0v) is 10.6. The van der Waals surface area contributed by atoms with Gasteiger partial charge in [0.1, 0.15) is 0 Å². The summed E-state index contributed by atoms with van der Waals surface area (Å²) in [5.41, 5.74) is 0. The number of carbonyl (C=O) groups excluding carboxylic acids is 1. The van der Waals surface area contributed by atoms with Gasteiger partial charge in [0.25, 0.3) is 0 Å². The van der Waals surface area contributed by atoms with E-state index in [-0.39, 0.29) is 11.9 Å². The van der Waals surface area contributed by atoms with Crippen LogP contribution in [0.25, 0.3) is 11.6 Å². The summed E-state index contributed by atoms with van der Waals surface area (Å²) in [5.74, 6) is 1.17. The molecule has 0 bridgehead atoms. The van der Waals surface area contributed by atoms with Gasteiger partial charge in [-0.25, -0.2) is 0 Å². The van der Waals surface area contributed by atoms with Crippen molar-refractivity contribution in [2.75, 3.05) is 5.32 Å². The molecule has 3 rings (SSSR count). The van der Waals surface area contributed by atoms with Gasteiger partial charge in [0.15, 0.2) is 11.6 Å². The van der Waals surface area contributed by atoms with Crippen molar-refractivity contribution in [1.82, 2.24) is 19.7 Å². The van der Waals surface area contributed by atoms with E-state index in [1.54, 1.807) is 18.4 Å². The maximum atomic E-state index is 11.8. The summed E-state index contributed by atoms with van der Waals surface area (Å²) in [6.07, 6.45) is 5.73. The molecule has 7 nitrogen and oxygen atoms in total. The summed E-state index contributed by atoms with van der Waals surface area (Å²) in [6, 6.07) is 7.36. The molecular formula is C13H13N5O2. The molecule has 3 aromatic rings. The minimum atomic E-state index is -0.135. The summed E-state index contributed by atoms with van der Waals surface area (Å²) in [7, 11) is 0. The van der Waals surface area contributed by atoms with Crippen LogP contribution in [0, 0.1) is 0 Å². The number of rotatable bonds is 5. The Hall–Kier alpha value is -2.83. The Bertz CT molecular complexity index is 670. The molecule has 0 aliphatic heterocycles. The second kappa shape index (κ2) is 5.43. The molecule has 0 radical (unpaired) electrons. The van der Waals surface area contributed by atoms with Gasteiger partial charge in [-0.05, 0) is 24.3 Å². The first-order valence-electron chi connectivity index (χ1n) is 6.18. The van der Waals surface area contributed by atoms with Crippen LogP contribution < -0.4 is 5.32 Å². The molecule has 0 spiro atoms. The number of aryl methyl sites for hydroxylation is 1. The van der Waals surface area contributed by atoms with Gasteiger partial charge in [-0.1, -0.05) is 0 Å². The molecule has 2 N–H and O–H groups in total. The molecule has 0 aromatic carbocycles. The molecule has 1 amide bonds. The van der Waals surface area contributed by atoms with Crippen molar-refractivity contribution >= 4 is 11.9 Å². The smallest absolute Gasteiger partial charge is 0.249 e. The van der Waals surface area contributed by atoms with Crippen molar-refractivity contribution in [2.45, 2.75) is 13.0 Å². The number of hydrogen-bond donors (Lipinski definition) is 2. The van der Waals surface area contributed by atoms with Crippen molar-refractivity contribution < 1.29 is 9.21 Å². The van der Waals surface area contributed by atoms with E-state index in [4.69, 9.17) is 4.42 Å². The topological polar surface area (TPSA) is 88.7 Å². The maximum Gasteiger partial charge on any atom is 0.249 e. The van der Waals surface area contributed by atoms with Crippen LogP contribution in [0.2, 0.25) is 0 Å². The number of furan rings is 1. The summed E-state index contributed by atoms with van der Waals surface area (Å²) < 4.78 is 7.12. The molecule has 20 heavy (non-hydrogen) atoms. The molecule has 3 heterocycles. The van der Waals surface area contributed by atoms with E-state index in [1.807, 2.05) is 29.1 Å². The largest absolute Gasteiger partial charge is 0.461 e. The van der Waals surface area contributed by atoms with E-state index in [0.29, 0.717) is 24.6 Å². The third-order valence-electron chi connectivity index (χ3n) is 2.75. The van der Waals surface area contributed by atoms with Crippen LogP contribution in [-0.2, 0) is 11.3 Å². The van der Waals surface area contributed by atoms with E-state index in [0.717, 1.165) is 0 Å². The fraction of sp³-hybridized carbons (Fsp3) is 0.154. The van der Waals surface area contributed by atoms with Crippen molar-refractivity contribution in [1.29, 1.82) is 0 Å². The molecule has 0 saturated heterocycles. The third kappa shape index (κ3) is 2.77. The fourth-order valence-corrected chi connectivity index (χ4v) is 1.78. The number of hydrogen-bond acceptors (Lipinski definition) is 4. The monoisotopic (exact) mass is 271 g/mol. The second-order valence-electron chi connectivity index (χ2n) is 4.20. The maximum absolute atomic E-state index is 11.8. The molecule has 0 aliphatic rings. The summed E-state index contributed by atoms with van der Waals surface area (Å²) >= 11 is 0. The first kappa shape index (κ1) is 12.2. The van der Waals surface area contributed by atoms with Crippen molar-refractivity contribution in [3.8, 4) is 11.6 Å². The minimum Gasteiger partial charge on any atom is -0.461 e. The van der Waals surface area contributed by atoms with Crippen LogP contribution in [0.3, 0.4) is 0 Å². The minimum absolute atomic E-state index is 0.135. The first-order valence-corrected chi connectivity index (χ1v) is 6.18. The Balaban J connectivity index is 1.56. The number of nitrogens with zero attached hydrogens (tertiary/aromatic N) is 3. The van der Waals surface area contributed by atoms with Gasteiger partial charge in [0.2, 0.25) is 11.9 Å². The average molecular weight is 271 g/mol. The average Bonchev–Trinajstić information content (AvgIpc) is 3.18. The lowest BCUT2D eigenvalue weighted by Crippen LogP contribution is -2.14. The molecule has 0 fully saturated rings. The summed E-state index contributed by atoms with van der Waals surface area (Å²) in [4.78, 5) is 15.9. The van der Waals surface area contributed by atoms with Crippen LogP contribution in [0.1, 0.15) is 6.42 Å². The number of nitrogens with one attached hydrogen (secondary N) is 2. The van der Waals surface area contributed by atoms with Gasteiger partial charge >= 0.3 is 0 Å². The van der Waals surface area contributed by atoms with Crippen molar-refractivity contribution in [3.05, 3.63) is 42.9 Å². The van der Waals surface area contributed by atoms with Gasteiger partial charge in [0.05, 0.1) is 6.26 Å². The highest BCUT2D eigenvalue weighted by atomic mass is 16.3.